The highest BCUT2D eigenvalue weighted by Gasteiger charge is 2.67. The lowest BCUT2D eigenvalue weighted by molar-refractivity contribution is 0.135. The summed E-state index contributed by atoms with van der Waals surface area (Å²) in [5.41, 5.74) is 10.1. The molecule has 4 atom stereocenters. The number of nitrogens with zero attached hydrogens (tertiary/aromatic N) is 1. The number of methoxy groups -OCH3 is 2. The van der Waals surface area contributed by atoms with E-state index < -0.39 is 0 Å². The van der Waals surface area contributed by atoms with Crippen LogP contribution < -0.4 is 25.6 Å². The van der Waals surface area contributed by atoms with Crippen LogP contribution in [0, 0.1) is 11.3 Å². The van der Waals surface area contributed by atoms with Crippen LogP contribution in [0.2, 0.25) is 0 Å². The number of rotatable bonds is 5. The molecule has 18 rings (SSSR count). The number of para-hydroxylation sites is 1. The van der Waals surface area contributed by atoms with E-state index in [-0.39, 0.29) is 16.9 Å². The van der Waals surface area contributed by atoms with Gasteiger partial charge in [-0.05, 0) is 191 Å². The fourth-order valence-electron chi connectivity index (χ4n) is 16.8. The molecule has 1 saturated heterocycles. The van der Waals surface area contributed by atoms with Crippen molar-refractivity contribution in [3.05, 3.63) is 86.1 Å². The van der Waals surface area contributed by atoms with E-state index in [0.717, 1.165) is 44.7 Å². The molecule has 0 radical (unpaired) electrons. The van der Waals surface area contributed by atoms with E-state index in [9.17, 15) is 0 Å². The molecule has 2 fully saturated rings. The molecule has 4 unspecified atom stereocenters. The normalized spacial score (nSPS) is 27.3. The second-order valence-corrected chi connectivity index (χ2v) is 19.2. The summed E-state index contributed by atoms with van der Waals surface area (Å²) in [6.07, 6.45) is 8.53. The van der Waals surface area contributed by atoms with Crippen molar-refractivity contribution in [1.29, 1.82) is 0 Å². The molecular formula is C52H33NO2. The summed E-state index contributed by atoms with van der Waals surface area (Å²) in [6, 6.07) is 19.6. The Morgan fingerprint density at radius 2 is 1.44 bits per heavy atom. The van der Waals surface area contributed by atoms with E-state index >= 15 is 0 Å². The third kappa shape index (κ3) is 2.17. The van der Waals surface area contributed by atoms with Gasteiger partial charge in [-0.15, -0.1) is 0 Å². The lowest BCUT2D eigenvalue weighted by Gasteiger charge is -2.45. The summed E-state index contributed by atoms with van der Waals surface area (Å²) < 4.78 is 12.2. The SMILES string of the molecule is COCCN1CC23CCC45CC=c6cc7cc8cc9cc%10c%11c%12c%13c(c(c%14c%15c4c6c4c7c8c6c9c%11c(c%13%14)c6c%154)=C52)=C(CC=%12C%10)C3C1c1ccccc1OC. The van der Waals surface area contributed by atoms with Crippen LogP contribution in [0.15, 0.2) is 48.5 Å². The molecule has 1 heterocycles. The first kappa shape index (κ1) is 26.6. The van der Waals surface area contributed by atoms with Gasteiger partial charge in [0.25, 0.3) is 0 Å². The molecular weight excluding hydrogens is 671 g/mol. The second-order valence-electron chi connectivity index (χ2n) is 19.2. The Balaban J connectivity index is 1.17. The van der Waals surface area contributed by atoms with Gasteiger partial charge in [-0.25, -0.2) is 0 Å². The van der Waals surface area contributed by atoms with Crippen LogP contribution in [-0.2, 0) is 16.6 Å². The molecule has 7 aliphatic rings. The van der Waals surface area contributed by atoms with E-state index in [1.807, 2.05) is 19.8 Å². The Morgan fingerprint density at radius 3 is 2.31 bits per heavy atom. The minimum atomic E-state index is 0.0395. The van der Waals surface area contributed by atoms with Crippen molar-refractivity contribution in [2.24, 2.45) is 11.3 Å². The molecule has 0 aromatic heterocycles. The van der Waals surface area contributed by atoms with Gasteiger partial charge < -0.3 is 9.47 Å². The number of benzene rings is 7. The van der Waals surface area contributed by atoms with Crippen molar-refractivity contribution in [2.45, 2.75) is 43.6 Å². The molecule has 0 amide bonds. The smallest absolute Gasteiger partial charge is 0.123 e. The lowest BCUT2D eigenvalue weighted by Crippen LogP contribution is -2.50. The highest BCUT2D eigenvalue weighted by molar-refractivity contribution is 6.59. The van der Waals surface area contributed by atoms with Crippen LogP contribution in [-0.4, -0.2) is 38.8 Å². The third-order valence-electron chi connectivity index (χ3n) is 17.8. The van der Waals surface area contributed by atoms with Crippen molar-refractivity contribution >= 4 is 120 Å². The lowest BCUT2D eigenvalue weighted by atomic mass is 9.57. The number of fused-ring (bicyclic) bond motifs is 1. The highest BCUT2D eigenvalue weighted by atomic mass is 16.5. The van der Waals surface area contributed by atoms with Crippen LogP contribution in [0.25, 0.3) is 120 Å². The number of hydrogen-bond donors (Lipinski definition) is 0. The molecule has 1 saturated carbocycles. The fourth-order valence-corrected chi connectivity index (χ4v) is 16.8. The maximum absolute atomic E-state index is 6.27. The van der Waals surface area contributed by atoms with Gasteiger partial charge in [0.15, 0.2) is 0 Å². The van der Waals surface area contributed by atoms with Crippen LogP contribution in [0.1, 0.15) is 48.4 Å². The molecule has 0 N–H and O–H groups in total. The average molecular weight is 704 g/mol. The first-order valence-corrected chi connectivity index (χ1v) is 20.8. The van der Waals surface area contributed by atoms with Gasteiger partial charge in [0.2, 0.25) is 0 Å². The van der Waals surface area contributed by atoms with Crippen molar-refractivity contribution in [1.82, 2.24) is 4.90 Å². The Labute approximate surface area is 313 Å². The molecule has 11 aromatic rings. The Hall–Kier alpha value is -5.22. The summed E-state index contributed by atoms with van der Waals surface area (Å²) in [4.78, 5) is 2.85. The molecule has 1 aliphatic heterocycles. The molecule has 11 aromatic carbocycles. The quantitative estimate of drug-likeness (QED) is 0.169. The van der Waals surface area contributed by atoms with E-state index in [1.165, 1.54) is 39.8 Å². The highest BCUT2D eigenvalue weighted by Crippen LogP contribution is 2.74. The largest absolute Gasteiger partial charge is 0.496 e. The van der Waals surface area contributed by atoms with Gasteiger partial charge in [0, 0.05) is 48.6 Å². The molecule has 0 bridgehead atoms. The first-order chi connectivity index (χ1) is 27.2. The standard InChI is InChI=1S/C52H33NO2/c1-54-12-11-53-19-52-10-9-51-8-7-20-13-21-14-22-15-24-16-23-17-25-18-27(47(52)49(53)26-5-3-4-6-28(26)55-2)35-39-32(25)30(23)36-33(24)37-29(22)31(21)38-34(20)48(51)45-43(38)41(37)40(36)42(39)44(45)46(35)50(51)52/h3-7,13-16,47,49H,8-12,17-19H2,1-2H3. The van der Waals surface area contributed by atoms with Gasteiger partial charge in [0.1, 0.15) is 5.75 Å². The van der Waals surface area contributed by atoms with E-state index in [0.29, 0.717) is 5.92 Å². The first-order valence-electron chi connectivity index (χ1n) is 20.8. The monoisotopic (exact) mass is 703 g/mol. The van der Waals surface area contributed by atoms with Crippen molar-refractivity contribution in [2.75, 3.05) is 33.9 Å². The molecule has 2 spiro atoms. The summed E-state index contributed by atoms with van der Waals surface area (Å²) in [5, 5.41) is 35.2. The third-order valence-corrected chi connectivity index (χ3v) is 17.8. The summed E-state index contributed by atoms with van der Waals surface area (Å²) >= 11 is 0. The van der Waals surface area contributed by atoms with Gasteiger partial charge >= 0.3 is 0 Å². The van der Waals surface area contributed by atoms with Crippen molar-refractivity contribution in [3.8, 4) is 5.75 Å². The van der Waals surface area contributed by atoms with Gasteiger partial charge in [0.05, 0.1) is 13.7 Å². The Bertz CT molecular complexity index is 4000. The molecule has 3 heteroatoms. The predicted molar refractivity (Wildman–Crippen MR) is 224 cm³/mol. The van der Waals surface area contributed by atoms with Gasteiger partial charge in [-0.2, -0.15) is 0 Å². The maximum atomic E-state index is 6.27. The second kappa shape index (κ2) is 7.51. The average Bonchev–Trinajstić information content (AvgIpc) is 4.06. The topological polar surface area (TPSA) is 21.7 Å². The zero-order chi connectivity index (χ0) is 34.9. The number of ether oxygens (including phenoxy) is 2. The van der Waals surface area contributed by atoms with Crippen molar-refractivity contribution in [3.63, 3.8) is 0 Å². The maximum Gasteiger partial charge on any atom is 0.123 e. The Morgan fingerprint density at radius 1 is 0.691 bits per heavy atom. The zero-order valence-electron chi connectivity index (χ0n) is 30.8. The number of likely N-dealkylation sites (tertiary alicyclic amines) is 1. The molecule has 6 aliphatic carbocycles. The molecule has 258 valence electrons. The zero-order valence-corrected chi connectivity index (χ0v) is 30.8. The summed E-state index contributed by atoms with van der Waals surface area (Å²) in [7, 11) is 3.75. The van der Waals surface area contributed by atoms with E-state index in [2.05, 4.69) is 59.5 Å². The van der Waals surface area contributed by atoms with Gasteiger partial charge in [-0.3, -0.25) is 4.90 Å². The predicted octanol–water partition coefficient (Wildman–Crippen LogP) is 8.10. The van der Waals surface area contributed by atoms with E-state index in [1.54, 1.807) is 119 Å². The van der Waals surface area contributed by atoms with Crippen LogP contribution >= 0.6 is 0 Å². The fraction of sp³-hybridized carbons (Fsp3) is 0.269. The van der Waals surface area contributed by atoms with Gasteiger partial charge in [-0.1, -0.05) is 41.5 Å². The minimum absolute atomic E-state index is 0.0395. The van der Waals surface area contributed by atoms with Crippen LogP contribution in [0.5, 0.6) is 5.75 Å². The molecule has 55 heavy (non-hydrogen) atoms. The van der Waals surface area contributed by atoms with Crippen LogP contribution in [0.4, 0.5) is 0 Å². The number of hydrogen-bond acceptors (Lipinski definition) is 3. The molecule has 3 nitrogen and oxygen atoms in total. The summed E-state index contributed by atoms with van der Waals surface area (Å²) in [6.45, 7) is 2.77. The van der Waals surface area contributed by atoms with Crippen LogP contribution in [0.3, 0.4) is 0 Å². The minimum Gasteiger partial charge on any atom is -0.496 e. The summed E-state index contributed by atoms with van der Waals surface area (Å²) in [5.74, 6) is 1.43. The van der Waals surface area contributed by atoms with Crippen molar-refractivity contribution < 1.29 is 9.47 Å². The van der Waals surface area contributed by atoms with E-state index in [4.69, 9.17) is 9.47 Å². The Kier molecular flexibility index (Phi) is 3.63.